The molecule has 2 N–H and O–H groups in total. The highest BCUT2D eigenvalue weighted by Gasteiger charge is 2.10. The van der Waals surface area contributed by atoms with Gasteiger partial charge in [0.2, 0.25) is 0 Å². The van der Waals surface area contributed by atoms with E-state index in [4.69, 9.17) is 0 Å². The maximum Gasteiger partial charge on any atom is 0.251 e. The van der Waals surface area contributed by atoms with Gasteiger partial charge in [0.05, 0.1) is 17.6 Å². The number of aromatic amines is 1. The number of imidazole rings is 1. The average molecular weight is 383 g/mol. The van der Waals surface area contributed by atoms with E-state index in [0.29, 0.717) is 18.5 Å². The Hall–Kier alpha value is -3.85. The summed E-state index contributed by atoms with van der Waals surface area (Å²) in [6.45, 7) is 0.528. The van der Waals surface area contributed by atoms with Crippen molar-refractivity contribution in [1.29, 1.82) is 0 Å². The van der Waals surface area contributed by atoms with Gasteiger partial charge in [-0.25, -0.2) is 9.67 Å². The maximum atomic E-state index is 12.6. The van der Waals surface area contributed by atoms with Crippen molar-refractivity contribution in [3.8, 4) is 17.5 Å². The van der Waals surface area contributed by atoms with E-state index in [0.717, 1.165) is 35.4 Å². The van der Waals surface area contributed by atoms with Crippen molar-refractivity contribution in [1.82, 2.24) is 25.1 Å². The molecule has 0 saturated heterocycles. The Bertz CT molecular complexity index is 1100. The number of hydrogen-bond donors (Lipinski definition) is 2. The predicted molar refractivity (Wildman–Crippen MR) is 112 cm³/mol. The molecule has 0 fully saturated rings. The van der Waals surface area contributed by atoms with E-state index in [1.807, 2.05) is 30.5 Å². The summed E-state index contributed by atoms with van der Waals surface area (Å²) < 4.78 is 1.76. The maximum absolute atomic E-state index is 12.6. The molecule has 144 valence electrons. The monoisotopic (exact) mass is 383 g/mol. The summed E-state index contributed by atoms with van der Waals surface area (Å²) in [6, 6.07) is 7.36. The second-order valence-electron chi connectivity index (χ2n) is 6.65. The Morgan fingerprint density at radius 1 is 1.28 bits per heavy atom. The summed E-state index contributed by atoms with van der Waals surface area (Å²) in [5.74, 6) is 6.30. The van der Waals surface area contributed by atoms with Gasteiger partial charge in [0, 0.05) is 48.4 Å². The van der Waals surface area contributed by atoms with Crippen LogP contribution in [0.15, 0.2) is 73.0 Å². The quantitative estimate of drug-likeness (QED) is 0.665. The minimum absolute atomic E-state index is 0.128. The number of rotatable bonds is 5. The first-order valence-corrected chi connectivity index (χ1v) is 9.58. The molecule has 0 aliphatic heterocycles. The van der Waals surface area contributed by atoms with Crippen LogP contribution in [-0.4, -0.2) is 32.2 Å². The third kappa shape index (κ3) is 4.71. The summed E-state index contributed by atoms with van der Waals surface area (Å²) in [7, 11) is 0. The van der Waals surface area contributed by atoms with Gasteiger partial charge in [-0.15, -0.1) is 0 Å². The minimum atomic E-state index is -0.128. The van der Waals surface area contributed by atoms with E-state index in [9.17, 15) is 4.79 Å². The highest BCUT2D eigenvalue weighted by molar-refractivity contribution is 5.95. The standard InChI is InChI=1S/C23H21N5O/c29-23(25-13-11-21-16-24-17-26-21)20-9-10-22(28-14-4-12-27-28)19(15-20)8-7-18-5-2-1-3-6-18/h2,4-6,9-10,12,14-17H,1,3,11,13H2,(H,24,26)(H,25,29). The van der Waals surface area contributed by atoms with E-state index < -0.39 is 0 Å². The van der Waals surface area contributed by atoms with Crippen molar-refractivity contribution in [2.45, 2.75) is 19.3 Å². The average Bonchev–Trinajstić information content (AvgIpc) is 3.47. The first kappa shape index (κ1) is 18.5. The van der Waals surface area contributed by atoms with Crippen LogP contribution < -0.4 is 5.32 Å². The molecule has 6 heteroatoms. The summed E-state index contributed by atoms with van der Waals surface area (Å²) in [4.78, 5) is 19.6. The Morgan fingerprint density at radius 3 is 3.00 bits per heavy atom. The molecule has 1 aliphatic rings. The van der Waals surface area contributed by atoms with Gasteiger partial charge in [-0.2, -0.15) is 5.10 Å². The van der Waals surface area contributed by atoms with Crippen molar-refractivity contribution in [3.05, 3.63) is 89.8 Å². The molecule has 4 rings (SSSR count). The third-order valence-corrected chi connectivity index (χ3v) is 4.58. The van der Waals surface area contributed by atoms with Crippen LogP contribution >= 0.6 is 0 Å². The normalized spacial score (nSPS) is 12.8. The van der Waals surface area contributed by atoms with Crippen molar-refractivity contribution < 1.29 is 4.79 Å². The highest BCUT2D eigenvalue weighted by Crippen LogP contribution is 2.16. The molecule has 0 saturated carbocycles. The molecule has 0 atom stereocenters. The van der Waals surface area contributed by atoms with Crippen molar-refractivity contribution >= 4 is 5.91 Å². The van der Waals surface area contributed by atoms with E-state index in [-0.39, 0.29) is 5.91 Å². The van der Waals surface area contributed by atoms with Gasteiger partial charge < -0.3 is 10.3 Å². The molecule has 0 spiro atoms. The Labute approximate surface area is 169 Å². The van der Waals surface area contributed by atoms with Crippen LogP contribution in [0.1, 0.15) is 34.5 Å². The van der Waals surface area contributed by atoms with E-state index in [1.165, 1.54) is 0 Å². The Kier molecular flexibility index (Phi) is 5.68. The number of hydrogen-bond acceptors (Lipinski definition) is 3. The van der Waals surface area contributed by atoms with Gasteiger partial charge in [-0.1, -0.05) is 30.1 Å². The van der Waals surface area contributed by atoms with Crippen LogP contribution in [0.3, 0.4) is 0 Å². The van der Waals surface area contributed by atoms with Gasteiger partial charge in [0.25, 0.3) is 5.91 Å². The van der Waals surface area contributed by atoms with E-state index in [2.05, 4.69) is 44.4 Å². The van der Waals surface area contributed by atoms with Crippen LogP contribution in [0.2, 0.25) is 0 Å². The molecule has 1 aromatic carbocycles. The Balaban J connectivity index is 1.55. The number of aromatic nitrogens is 4. The first-order chi connectivity index (χ1) is 14.3. The summed E-state index contributed by atoms with van der Waals surface area (Å²) in [5, 5.41) is 7.25. The molecule has 0 bridgehead atoms. The molecule has 3 aromatic rings. The summed E-state index contributed by atoms with van der Waals surface area (Å²) in [5.41, 5.74) is 4.16. The zero-order valence-electron chi connectivity index (χ0n) is 15.9. The molecular formula is C23H21N5O. The number of amides is 1. The highest BCUT2D eigenvalue weighted by atomic mass is 16.1. The number of carbonyl (C=O) groups excluding carboxylic acids is 1. The van der Waals surface area contributed by atoms with Gasteiger partial charge in [-0.3, -0.25) is 4.79 Å². The summed E-state index contributed by atoms with van der Waals surface area (Å²) >= 11 is 0. The lowest BCUT2D eigenvalue weighted by molar-refractivity contribution is 0.0954. The third-order valence-electron chi connectivity index (χ3n) is 4.58. The zero-order valence-corrected chi connectivity index (χ0v) is 15.9. The van der Waals surface area contributed by atoms with E-state index >= 15 is 0 Å². The topological polar surface area (TPSA) is 75.6 Å². The van der Waals surface area contributed by atoms with Gasteiger partial charge in [0.15, 0.2) is 0 Å². The number of benzene rings is 1. The number of nitrogens with one attached hydrogen (secondary N) is 2. The molecule has 0 unspecified atom stereocenters. The van der Waals surface area contributed by atoms with Gasteiger partial charge >= 0.3 is 0 Å². The Morgan fingerprint density at radius 2 is 2.24 bits per heavy atom. The lowest BCUT2D eigenvalue weighted by Gasteiger charge is -2.09. The van der Waals surface area contributed by atoms with Crippen LogP contribution in [-0.2, 0) is 6.42 Å². The lowest BCUT2D eigenvalue weighted by atomic mass is 10.1. The van der Waals surface area contributed by atoms with Gasteiger partial charge in [-0.05, 0) is 37.1 Å². The molecule has 2 aromatic heterocycles. The molecule has 29 heavy (non-hydrogen) atoms. The molecular weight excluding hydrogens is 362 g/mol. The zero-order chi connectivity index (χ0) is 19.9. The fraction of sp³-hybridized carbons (Fsp3) is 0.174. The SMILES string of the molecule is O=C(NCCc1cnc[nH]1)c1ccc(-n2cccn2)c(C#CC2=CCCC=C2)c1. The number of nitrogens with zero attached hydrogens (tertiary/aromatic N) is 3. The minimum Gasteiger partial charge on any atom is -0.352 e. The fourth-order valence-electron chi connectivity index (χ4n) is 3.07. The smallest absolute Gasteiger partial charge is 0.251 e. The van der Waals surface area contributed by atoms with Crippen LogP contribution in [0, 0.1) is 11.8 Å². The molecule has 1 aliphatic carbocycles. The van der Waals surface area contributed by atoms with Crippen LogP contribution in [0.5, 0.6) is 0 Å². The van der Waals surface area contributed by atoms with E-state index in [1.54, 1.807) is 29.5 Å². The number of carbonyl (C=O) groups is 1. The molecule has 6 nitrogen and oxygen atoms in total. The lowest BCUT2D eigenvalue weighted by Crippen LogP contribution is -2.26. The molecule has 0 radical (unpaired) electrons. The molecule has 2 heterocycles. The number of allylic oxidation sites excluding steroid dienone is 4. The number of H-pyrrole nitrogens is 1. The predicted octanol–water partition coefficient (Wildman–Crippen LogP) is 3.20. The fourth-order valence-corrected chi connectivity index (χ4v) is 3.07. The van der Waals surface area contributed by atoms with Crippen molar-refractivity contribution in [2.75, 3.05) is 6.54 Å². The van der Waals surface area contributed by atoms with Crippen molar-refractivity contribution in [3.63, 3.8) is 0 Å². The largest absolute Gasteiger partial charge is 0.352 e. The molecule has 1 amide bonds. The van der Waals surface area contributed by atoms with Crippen molar-refractivity contribution in [2.24, 2.45) is 0 Å². The second-order valence-corrected chi connectivity index (χ2v) is 6.65. The van der Waals surface area contributed by atoms with Crippen LogP contribution in [0.25, 0.3) is 5.69 Å². The first-order valence-electron chi connectivity index (χ1n) is 9.58. The second kappa shape index (κ2) is 8.89. The van der Waals surface area contributed by atoms with Crippen LogP contribution in [0.4, 0.5) is 0 Å². The van der Waals surface area contributed by atoms with Gasteiger partial charge in [0.1, 0.15) is 0 Å². The summed E-state index contributed by atoms with van der Waals surface area (Å²) in [6.07, 6.45) is 16.0.